The van der Waals surface area contributed by atoms with E-state index in [2.05, 4.69) is 59.9 Å². The number of fused-ring (bicyclic) bond motifs is 15. The van der Waals surface area contributed by atoms with Crippen LogP contribution in [0.25, 0.3) is 0 Å². The predicted molar refractivity (Wildman–Crippen MR) is 334 cm³/mol. The highest BCUT2D eigenvalue weighted by Gasteiger charge is 2.78. The van der Waals surface area contributed by atoms with Crippen molar-refractivity contribution in [1.82, 2.24) is 5.32 Å². The van der Waals surface area contributed by atoms with Crippen LogP contribution in [-0.4, -0.2) is 134 Å². The van der Waals surface area contributed by atoms with E-state index >= 15 is 0 Å². The van der Waals surface area contributed by atoms with Gasteiger partial charge in [0.2, 0.25) is 0 Å². The molecule has 6 saturated carbocycles. The first-order valence-electron chi connectivity index (χ1n) is 33.2. The van der Waals surface area contributed by atoms with Gasteiger partial charge in [-0.2, -0.15) is 0 Å². The number of nitrogens with one attached hydrogen (secondary N) is 1. The van der Waals surface area contributed by atoms with E-state index in [4.69, 9.17) is 28.4 Å². The molecule has 2 saturated heterocycles. The highest BCUT2D eigenvalue weighted by molar-refractivity contribution is 5.94. The number of carbonyl (C=O) groups excluding carboxylic acids is 6. The minimum atomic E-state index is -2.35. The summed E-state index contributed by atoms with van der Waals surface area (Å²) in [5, 5.41) is 62.5. The highest BCUT2D eigenvalue weighted by Crippen LogP contribution is 2.77. The molecule has 18 heteroatoms. The Hall–Kier alpha value is -5.50. The summed E-state index contributed by atoms with van der Waals surface area (Å²) >= 11 is 0. The molecule has 2 aliphatic heterocycles. The first kappa shape index (κ1) is 66.9. The Labute approximate surface area is 535 Å². The van der Waals surface area contributed by atoms with Crippen LogP contribution in [0.5, 0.6) is 0 Å². The molecule has 8 fully saturated rings. The van der Waals surface area contributed by atoms with Gasteiger partial charge in [-0.1, -0.05) is 116 Å². The number of esters is 4. The smallest absolute Gasteiger partial charge is 0.408 e. The van der Waals surface area contributed by atoms with Gasteiger partial charge in [0, 0.05) is 37.0 Å². The van der Waals surface area contributed by atoms with Crippen LogP contribution in [0.1, 0.15) is 196 Å². The molecule has 4 bridgehead atoms. The molecule has 2 aromatic carbocycles. The normalized spacial score (nSPS) is 42.8. The van der Waals surface area contributed by atoms with E-state index in [0.717, 1.165) is 32.6 Å². The fourth-order valence-electron chi connectivity index (χ4n) is 20.6. The van der Waals surface area contributed by atoms with Gasteiger partial charge in [0.25, 0.3) is 0 Å². The second kappa shape index (κ2) is 22.3. The van der Waals surface area contributed by atoms with Gasteiger partial charge in [-0.05, 0) is 161 Å². The van der Waals surface area contributed by atoms with Crippen molar-refractivity contribution < 1.29 is 82.7 Å². The van der Waals surface area contributed by atoms with Crippen molar-refractivity contribution in [3.63, 3.8) is 0 Å². The summed E-state index contributed by atoms with van der Waals surface area (Å²) in [6.45, 7) is 28.8. The molecule has 2 aromatic rings. The van der Waals surface area contributed by atoms with E-state index in [9.17, 15) is 54.3 Å². The fraction of sp³-hybridized carbons (Fsp3) is 0.699. The second-order valence-corrected chi connectivity index (χ2v) is 32.7. The summed E-state index contributed by atoms with van der Waals surface area (Å²) in [4.78, 5) is 81.7. The van der Waals surface area contributed by atoms with Crippen molar-refractivity contribution in [3.8, 4) is 0 Å². The number of ketones is 1. The molecule has 21 atom stereocenters. The van der Waals surface area contributed by atoms with Crippen LogP contribution in [-0.2, 0) is 47.6 Å². The topological polar surface area (TPSA) is 271 Å². The third-order valence-corrected chi connectivity index (χ3v) is 26.2. The molecule has 18 nitrogen and oxygen atoms in total. The number of amides is 1. The maximum absolute atomic E-state index is 14.9. The maximum atomic E-state index is 14.9. The van der Waals surface area contributed by atoms with E-state index in [0.29, 0.717) is 23.3 Å². The number of aliphatic hydroxyl groups excluding tert-OH is 4. The summed E-state index contributed by atoms with van der Waals surface area (Å²) in [7, 11) is 0. The standard InChI is InChI=1S/C43H53NO14.C30H46O3/c1-22-26(55-37(51)32(48)30(24-15-11-9-12-16-24)44-38(52)58-39(3,4)5)20-43(53)35(56-36(50)25-17-13-10-14-18-25)33-41(8,34(49)31(47)29(22)40(43,6)7)27(46)19-28-42(33,21-54-28)57-23(2)45;1-25(2)20-10-13-30(7)21(28(20,5)12-11-22(25)31)9-8-18-19-16-26(3)17-23(33-24(26)32)27(19,4)14-15-29(18,30)6/h9-18,26-28,30-33,35,46-48,53H,19-21H2,1-8H3,(H,44,52);8,19-23,31H,9-17H2,1-7H3/t26-,27-,28+,30-,31+,32+,33-,35-,41+,42-,43+;19-,20-,21+,22-,23-,26-,27+,28-,29+,30+/m00/s1. The Morgan fingerprint density at radius 3 is 2.02 bits per heavy atom. The third-order valence-electron chi connectivity index (χ3n) is 26.2. The molecule has 0 spiro atoms. The van der Waals surface area contributed by atoms with E-state index in [1.807, 2.05) is 0 Å². The number of Topliss-reactive ketones (excluding diaryl/α,β-unsaturated/α-hetero) is 1. The summed E-state index contributed by atoms with van der Waals surface area (Å²) in [5.41, 5.74) is -5.88. The van der Waals surface area contributed by atoms with Gasteiger partial charge in [0.1, 0.15) is 41.7 Å². The number of rotatable bonds is 8. The first-order valence-corrected chi connectivity index (χ1v) is 33.2. The monoisotopic (exact) mass is 1260 g/mol. The average molecular weight is 1260 g/mol. The average Bonchev–Trinajstić information content (AvgIpc) is 1.07. The van der Waals surface area contributed by atoms with Crippen molar-refractivity contribution in [2.24, 2.45) is 67.0 Å². The summed E-state index contributed by atoms with van der Waals surface area (Å²) in [5.74, 6) is -3.57. The number of benzene rings is 2. The zero-order chi connectivity index (χ0) is 66.6. The van der Waals surface area contributed by atoms with Gasteiger partial charge in [-0.25, -0.2) is 14.4 Å². The lowest BCUT2D eigenvalue weighted by atomic mass is 9.33. The molecule has 10 aliphatic rings. The van der Waals surface area contributed by atoms with Gasteiger partial charge in [0.15, 0.2) is 17.5 Å². The van der Waals surface area contributed by atoms with Crippen molar-refractivity contribution in [3.05, 3.63) is 94.6 Å². The van der Waals surface area contributed by atoms with Gasteiger partial charge < -0.3 is 59.3 Å². The molecular formula is C73H99NO17. The predicted octanol–water partition coefficient (Wildman–Crippen LogP) is 9.94. The molecule has 12 rings (SSSR count). The molecule has 6 N–H and O–H groups in total. The first-order chi connectivity index (χ1) is 42.2. The van der Waals surface area contributed by atoms with Crippen molar-refractivity contribution in [2.75, 3.05) is 6.61 Å². The largest absolute Gasteiger partial charge is 0.461 e. The Bertz CT molecular complexity index is 3320. The number of carbonyl (C=O) groups is 6. The molecule has 2 heterocycles. The van der Waals surface area contributed by atoms with Crippen LogP contribution < -0.4 is 5.32 Å². The summed E-state index contributed by atoms with van der Waals surface area (Å²) in [6.07, 6.45) is 1.16. The van der Waals surface area contributed by atoms with Gasteiger partial charge >= 0.3 is 30.0 Å². The number of aliphatic hydroxyl groups is 5. The van der Waals surface area contributed by atoms with Crippen molar-refractivity contribution in [2.45, 2.75) is 246 Å². The van der Waals surface area contributed by atoms with E-state index in [1.165, 1.54) is 58.1 Å². The van der Waals surface area contributed by atoms with Crippen LogP contribution in [0.4, 0.5) is 4.79 Å². The zero-order valence-electron chi connectivity index (χ0n) is 56.0. The summed E-state index contributed by atoms with van der Waals surface area (Å²) < 4.78 is 35.5. The molecule has 498 valence electrons. The van der Waals surface area contributed by atoms with E-state index in [-0.39, 0.29) is 80.4 Å². The minimum absolute atomic E-state index is 0.000773. The van der Waals surface area contributed by atoms with Crippen LogP contribution >= 0.6 is 0 Å². The molecule has 0 radical (unpaired) electrons. The maximum Gasteiger partial charge on any atom is 0.408 e. The lowest BCUT2D eigenvalue weighted by Crippen LogP contribution is -2.81. The molecular weight excluding hydrogens is 1160 g/mol. The summed E-state index contributed by atoms with van der Waals surface area (Å²) in [6, 6.07) is 14.6. The van der Waals surface area contributed by atoms with Crippen LogP contribution in [0.2, 0.25) is 0 Å². The van der Waals surface area contributed by atoms with Gasteiger partial charge in [-0.3, -0.25) is 14.4 Å². The zero-order valence-corrected chi connectivity index (χ0v) is 56.0. The van der Waals surface area contributed by atoms with E-state index in [1.54, 1.807) is 88.7 Å². The highest BCUT2D eigenvalue weighted by atomic mass is 16.6. The number of alkyl carbamates (subject to hydrolysis) is 1. The molecule has 0 aromatic heterocycles. The SMILES string of the molecule is CC(=O)O[C@@]12CO[C@@H]1C[C@H](O)[C@@]1(C)C(=O)[C@H](O)C3=C(C)[C@@H](OC(=O)[C@H](O)[C@@H](NC(=O)OC(C)(C)C)c4ccccc4)C[C@@](O)([C@@H](OC(=O)c4ccccc4)[C@H]21)C3(C)C.CC1(C)[C@@H](O)CC[C@]2(C)[C@H]3CC=C4[C@@H]5C[C@@]6(C)C[C@H](OC6=O)[C@]5(C)CC[C@@]4(C)[C@]3(C)CC[C@@H]12. The lowest BCUT2D eigenvalue weighted by molar-refractivity contribution is -0.346. The Balaban J connectivity index is 0.000000216. The van der Waals surface area contributed by atoms with Crippen molar-refractivity contribution in [1.29, 1.82) is 0 Å². The van der Waals surface area contributed by atoms with Crippen LogP contribution in [0.15, 0.2) is 83.5 Å². The van der Waals surface area contributed by atoms with Gasteiger partial charge in [0.05, 0.1) is 47.2 Å². The second-order valence-electron chi connectivity index (χ2n) is 32.7. The molecule has 0 unspecified atom stereocenters. The molecule has 91 heavy (non-hydrogen) atoms. The van der Waals surface area contributed by atoms with Crippen LogP contribution in [0.3, 0.4) is 0 Å². The number of allylic oxidation sites excluding steroid dienone is 2. The number of hydrogen-bond donors (Lipinski definition) is 6. The molecule has 1 amide bonds. The quantitative estimate of drug-likeness (QED) is 0.0815. The Morgan fingerprint density at radius 1 is 0.758 bits per heavy atom. The Kier molecular flexibility index (Phi) is 16.4. The third kappa shape index (κ3) is 10.0. The number of ether oxygens (including phenoxy) is 6. The molecule has 8 aliphatic carbocycles. The fourth-order valence-corrected chi connectivity index (χ4v) is 20.6. The van der Waals surface area contributed by atoms with Gasteiger partial charge in [-0.15, -0.1) is 0 Å². The lowest BCUT2D eigenvalue weighted by Gasteiger charge is -2.71. The minimum Gasteiger partial charge on any atom is -0.461 e. The van der Waals surface area contributed by atoms with E-state index < -0.39 is 112 Å². The van der Waals surface area contributed by atoms with Crippen LogP contribution in [0, 0.1) is 67.0 Å². The Morgan fingerprint density at radius 2 is 1.41 bits per heavy atom. The number of hydrogen-bond acceptors (Lipinski definition) is 17. The van der Waals surface area contributed by atoms with Crippen molar-refractivity contribution >= 4 is 35.8 Å².